The van der Waals surface area contributed by atoms with E-state index >= 15 is 0 Å². The van der Waals surface area contributed by atoms with Crippen LogP contribution in [0.25, 0.3) is 0 Å². The second kappa shape index (κ2) is 3.00. The number of nitrogens with zero attached hydrogens (tertiary/aromatic N) is 1. The van der Waals surface area contributed by atoms with Crippen LogP contribution in [0.1, 0.15) is 18.0 Å². The van der Waals surface area contributed by atoms with Crippen molar-refractivity contribution in [1.29, 1.82) is 0 Å². The molecule has 0 amide bonds. The van der Waals surface area contributed by atoms with Crippen molar-refractivity contribution in [2.75, 3.05) is 0 Å². The van der Waals surface area contributed by atoms with Crippen molar-refractivity contribution in [3.63, 3.8) is 0 Å². The predicted octanol–water partition coefficient (Wildman–Crippen LogP) is -0.109. The van der Waals surface area contributed by atoms with Gasteiger partial charge in [-0.05, 0) is 13.8 Å². The lowest BCUT2D eigenvalue weighted by atomic mass is 10.5. The number of hydrogen-bond donors (Lipinski definition) is 2. The lowest BCUT2D eigenvalue weighted by Gasteiger charge is -2.07. The third kappa shape index (κ3) is 1.99. The average Bonchev–Trinajstić information content (AvgIpc) is 2.26. The molecule has 6 nitrogen and oxygen atoms in total. The van der Waals surface area contributed by atoms with E-state index in [9.17, 15) is 13.2 Å². The SMILES string of the molecule is Cc1cc(=O)n(C(C)S(=O)(=O)O)[nH]1. The van der Waals surface area contributed by atoms with Gasteiger partial charge in [-0.25, -0.2) is 4.68 Å². The average molecular weight is 206 g/mol. The Labute approximate surface area is 74.9 Å². The summed E-state index contributed by atoms with van der Waals surface area (Å²) in [4.78, 5) is 11.1. The molecule has 0 fully saturated rings. The van der Waals surface area contributed by atoms with Crippen LogP contribution in [0.4, 0.5) is 0 Å². The van der Waals surface area contributed by atoms with Gasteiger partial charge in [0.05, 0.1) is 0 Å². The molecule has 0 spiro atoms. The van der Waals surface area contributed by atoms with Crippen LogP contribution in [0.5, 0.6) is 0 Å². The highest BCUT2D eigenvalue weighted by molar-refractivity contribution is 7.85. The van der Waals surface area contributed by atoms with Crippen LogP contribution in [-0.4, -0.2) is 22.8 Å². The minimum absolute atomic E-state index is 0.484. The molecule has 0 radical (unpaired) electrons. The van der Waals surface area contributed by atoms with E-state index in [1.165, 1.54) is 13.0 Å². The fraction of sp³-hybridized carbons (Fsp3) is 0.500. The van der Waals surface area contributed by atoms with Gasteiger partial charge in [0, 0.05) is 11.8 Å². The van der Waals surface area contributed by atoms with Crippen molar-refractivity contribution in [2.24, 2.45) is 0 Å². The van der Waals surface area contributed by atoms with Gasteiger partial charge in [-0.2, -0.15) is 8.42 Å². The molecule has 0 bridgehead atoms. The van der Waals surface area contributed by atoms with Crippen molar-refractivity contribution in [3.8, 4) is 0 Å². The second-order valence-electron chi connectivity index (χ2n) is 2.76. The van der Waals surface area contributed by atoms with Gasteiger partial charge in [0.1, 0.15) is 0 Å². The molecule has 1 atom stereocenters. The Kier molecular flexibility index (Phi) is 2.31. The van der Waals surface area contributed by atoms with Crippen molar-refractivity contribution < 1.29 is 13.0 Å². The Hall–Kier alpha value is -1.08. The van der Waals surface area contributed by atoms with Crippen molar-refractivity contribution in [2.45, 2.75) is 19.2 Å². The smallest absolute Gasteiger partial charge is 0.288 e. The van der Waals surface area contributed by atoms with Crippen molar-refractivity contribution in [3.05, 3.63) is 22.1 Å². The van der Waals surface area contributed by atoms with Crippen molar-refractivity contribution >= 4 is 10.1 Å². The molecule has 0 saturated heterocycles. The lowest BCUT2D eigenvalue weighted by Crippen LogP contribution is -2.25. The molecule has 1 unspecified atom stereocenters. The Morgan fingerprint density at radius 1 is 1.62 bits per heavy atom. The molecular formula is C6H10N2O4S. The molecule has 0 aliphatic carbocycles. The number of nitrogens with one attached hydrogen (secondary N) is 1. The number of H-pyrrole nitrogens is 1. The zero-order chi connectivity index (χ0) is 10.2. The summed E-state index contributed by atoms with van der Waals surface area (Å²) in [6, 6.07) is 1.25. The van der Waals surface area contributed by atoms with Crippen LogP contribution in [0, 0.1) is 6.92 Å². The molecule has 0 saturated carbocycles. The van der Waals surface area contributed by atoms with Gasteiger partial charge in [-0.1, -0.05) is 0 Å². The Morgan fingerprint density at radius 2 is 2.15 bits per heavy atom. The Bertz CT molecular complexity index is 455. The molecule has 0 aliphatic heterocycles. The summed E-state index contributed by atoms with van der Waals surface area (Å²) in [7, 11) is -4.23. The van der Waals surface area contributed by atoms with E-state index in [2.05, 4.69) is 5.10 Å². The van der Waals surface area contributed by atoms with Gasteiger partial charge in [0.25, 0.3) is 15.7 Å². The van der Waals surface area contributed by atoms with Crippen LogP contribution in [-0.2, 0) is 10.1 Å². The number of hydrogen-bond acceptors (Lipinski definition) is 3. The van der Waals surface area contributed by atoms with Gasteiger partial charge in [0.2, 0.25) is 0 Å². The first-order valence-corrected chi connectivity index (χ1v) is 5.07. The van der Waals surface area contributed by atoms with E-state index in [-0.39, 0.29) is 0 Å². The highest BCUT2D eigenvalue weighted by Gasteiger charge is 2.21. The third-order valence-corrected chi connectivity index (χ3v) is 2.74. The van der Waals surface area contributed by atoms with E-state index in [4.69, 9.17) is 4.55 Å². The molecule has 1 rings (SSSR count). The molecular weight excluding hydrogens is 196 g/mol. The van der Waals surface area contributed by atoms with E-state index < -0.39 is 21.1 Å². The zero-order valence-electron chi connectivity index (χ0n) is 7.18. The van der Waals surface area contributed by atoms with Gasteiger partial charge in [-0.15, -0.1) is 0 Å². The lowest BCUT2D eigenvalue weighted by molar-refractivity contribution is 0.439. The van der Waals surface area contributed by atoms with Crippen molar-refractivity contribution in [1.82, 2.24) is 9.78 Å². The molecule has 7 heteroatoms. The minimum Gasteiger partial charge on any atom is -0.299 e. The quantitative estimate of drug-likeness (QED) is 0.660. The zero-order valence-corrected chi connectivity index (χ0v) is 8.00. The van der Waals surface area contributed by atoms with Crippen LogP contribution < -0.4 is 5.56 Å². The Morgan fingerprint density at radius 3 is 2.46 bits per heavy atom. The summed E-state index contributed by atoms with van der Waals surface area (Å²) < 4.78 is 30.9. The summed E-state index contributed by atoms with van der Waals surface area (Å²) in [5.74, 6) is 0. The summed E-state index contributed by atoms with van der Waals surface area (Å²) in [6.07, 6.45) is 0. The standard InChI is InChI=1S/C6H10N2O4S/c1-4-3-6(9)8(7-4)5(2)13(10,11)12/h3,5,7H,1-2H3,(H,10,11,12). The number of aromatic amines is 1. The first-order valence-electron chi connectivity index (χ1n) is 3.57. The van der Waals surface area contributed by atoms with E-state index in [1.54, 1.807) is 6.92 Å². The molecule has 74 valence electrons. The highest BCUT2D eigenvalue weighted by atomic mass is 32.2. The predicted molar refractivity (Wildman–Crippen MR) is 46.0 cm³/mol. The number of aryl methyl sites for hydroxylation is 1. The largest absolute Gasteiger partial charge is 0.299 e. The maximum absolute atomic E-state index is 11.1. The summed E-state index contributed by atoms with van der Waals surface area (Å²) in [5, 5.41) is 1.23. The van der Waals surface area contributed by atoms with Crippen LogP contribution in [0.2, 0.25) is 0 Å². The summed E-state index contributed by atoms with van der Waals surface area (Å²) in [5.41, 5.74) is 0.0584. The number of rotatable bonds is 2. The van der Waals surface area contributed by atoms with Crippen LogP contribution in [0.15, 0.2) is 10.9 Å². The maximum atomic E-state index is 11.1. The monoisotopic (exact) mass is 206 g/mol. The van der Waals surface area contributed by atoms with Gasteiger partial charge >= 0.3 is 0 Å². The molecule has 1 aromatic heterocycles. The highest BCUT2D eigenvalue weighted by Crippen LogP contribution is 2.08. The molecule has 2 N–H and O–H groups in total. The second-order valence-corrected chi connectivity index (χ2v) is 4.47. The van der Waals surface area contributed by atoms with Gasteiger partial charge in [0.15, 0.2) is 5.37 Å². The van der Waals surface area contributed by atoms with Gasteiger partial charge < -0.3 is 0 Å². The minimum atomic E-state index is -4.23. The van der Waals surface area contributed by atoms with Gasteiger partial charge in [-0.3, -0.25) is 14.4 Å². The fourth-order valence-electron chi connectivity index (χ4n) is 0.935. The summed E-state index contributed by atoms with van der Waals surface area (Å²) >= 11 is 0. The topological polar surface area (TPSA) is 92.2 Å². The van der Waals surface area contributed by atoms with E-state index in [0.717, 1.165) is 4.68 Å². The molecule has 1 aromatic rings. The Balaban J connectivity index is 3.24. The summed E-state index contributed by atoms with van der Waals surface area (Å²) in [6.45, 7) is 2.83. The molecule has 1 heterocycles. The van der Waals surface area contributed by atoms with E-state index in [0.29, 0.717) is 5.69 Å². The number of aromatic nitrogens is 2. The first-order chi connectivity index (χ1) is 5.82. The molecule has 0 aliphatic rings. The third-order valence-electron chi connectivity index (χ3n) is 1.67. The molecule has 13 heavy (non-hydrogen) atoms. The van der Waals surface area contributed by atoms with Crippen LogP contribution >= 0.6 is 0 Å². The van der Waals surface area contributed by atoms with E-state index in [1.807, 2.05) is 0 Å². The van der Waals surface area contributed by atoms with Crippen LogP contribution in [0.3, 0.4) is 0 Å². The molecule has 0 aromatic carbocycles. The first kappa shape index (κ1) is 10.0. The fourth-order valence-corrected chi connectivity index (χ4v) is 1.36. The maximum Gasteiger partial charge on any atom is 0.288 e. The normalized spacial score (nSPS) is 14.4.